The number of halogens is 1. The Balaban J connectivity index is 1.58. The molecule has 1 heterocycles. The number of rotatable bonds is 9. The number of carbonyl (C=O) groups excluding carboxylic acids is 1. The van der Waals surface area contributed by atoms with Gasteiger partial charge < -0.3 is 19.9 Å². The Kier molecular flexibility index (Phi) is 8.58. The van der Waals surface area contributed by atoms with E-state index in [1.54, 1.807) is 26.2 Å². The van der Waals surface area contributed by atoms with Gasteiger partial charge in [0.25, 0.3) is 0 Å². The molecule has 0 radical (unpaired) electrons. The number of amides is 1. The molecular formula is C27H31ClN4O4S. The minimum atomic E-state index is -3.93. The highest BCUT2D eigenvalue weighted by Gasteiger charge is 2.27. The van der Waals surface area contributed by atoms with Crippen LogP contribution in [-0.4, -0.2) is 53.5 Å². The first-order valence-electron chi connectivity index (χ1n) is 12.0. The molecule has 0 bridgehead atoms. The van der Waals surface area contributed by atoms with E-state index in [0.717, 1.165) is 30.1 Å². The number of alkyl halides is 1. The van der Waals surface area contributed by atoms with Crippen molar-refractivity contribution in [2.45, 2.75) is 17.9 Å². The van der Waals surface area contributed by atoms with Gasteiger partial charge >= 0.3 is 0 Å². The number of ether oxygens (including phenoxy) is 1. The van der Waals surface area contributed by atoms with E-state index in [-0.39, 0.29) is 10.8 Å². The second kappa shape index (κ2) is 11.9. The summed E-state index contributed by atoms with van der Waals surface area (Å²) in [5.74, 6) is 0.174. The van der Waals surface area contributed by atoms with E-state index in [4.69, 9.17) is 16.3 Å². The molecule has 1 amide bonds. The highest BCUT2D eigenvalue weighted by molar-refractivity contribution is 7.89. The number of nitrogens with zero attached hydrogens (tertiary/aromatic N) is 2. The highest BCUT2D eigenvalue weighted by atomic mass is 35.5. The van der Waals surface area contributed by atoms with Crippen LogP contribution in [0.4, 0.5) is 17.1 Å². The van der Waals surface area contributed by atoms with Crippen molar-refractivity contribution in [3.63, 3.8) is 0 Å². The van der Waals surface area contributed by atoms with Crippen LogP contribution in [0.25, 0.3) is 0 Å². The molecule has 1 atom stereocenters. The number of methoxy groups -OCH3 is 1. The van der Waals surface area contributed by atoms with E-state index in [1.807, 2.05) is 54.6 Å². The third kappa shape index (κ3) is 6.54. The summed E-state index contributed by atoms with van der Waals surface area (Å²) >= 11 is 5.64. The Hall–Kier alpha value is -3.27. The number of nitrogens with one attached hydrogen (secondary N) is 2. The zero-order valence-corrected chi connectivity index (χ0v) is 22.4. The summed E-state index contributed by atoms with van der Waals surface area (Å²) in [6.45, 7) is 4.53. The van der Waals surface area contributed by atoms with Gasteiger partial charge in [0.15, 0.2) is 0 Å². The van der Waals surface area contributed by atoms with Gasteiger partial charge in [-0.1, -0.05) is 30.3 Å². The quantitative estimate of drug-likeness (QED) is 0.393. The Morgan fingerprint density at radius 1 is 0.973 bits per heavy atom. The van der Waals surface area contributed by atoms with Gasteiger partial charge in [-0.2, -0.15) is 0 Å². The van der Waals surface area contributed by atoms with Gasteiger partial charge in [0.1, 0.15) is 16.5 Å². The molecule has 196 valence electrons. The summed E-state index contributed by atoms with van der Waals surface area (Å²) in [6.07, 6.45) is 0. The smallest absolute Gasteiger partial charge is 0.243 e. The SMILES string of the molecule is COc1ccc(N2CCN(c3ccc(NC(=O)CCl)cc3S(=O)(=O)N[C@H](C)c3ccccc3)CC2)cc1. The standard InChI is InChI=1S/C27H31ClN4O4S/c1-20(21-6-4-3-5-7-21)30-37(34,35)26-18-22(29-27(33)19-28)8-13-25(26)32-16-14-31(15-17-32)23-9-11-24(36-2)12-10-23/h3-13,18,20,30H,14-17,19H2,1-2H3,(H,29,33)/t20-/m1/s1. The fourth-order valence-electron chi connectivity index (χ4n) is 4.37. The van der Waals surface area contributed by atoms with Crippen molar-refractivity contribution in [3.8, 4) is 5.75 Å². The Bertz CT molecular complexity index is 1310. The van der Waals surface area contributed by atoms with Gasteiger partial charge in [0.05, 0.1) is 12.8 Å². The molecule has 1 aliphatic rings. The van der Waals surface area contributed by atoms with Gasteiger partial charge in [-0.05, 0) is 55.0 Å². The van der Waals surface area contributed by atoms with Crippen molar-refractivity contribution in [3.05, 3.63) is 78.4 Å². The Morgan fingerprint density at radius 2 is 1.62 bits per heavy atom. The number of hydrogen-bond donors (Lipinski definition) is 2. The molecule has 0 saturated carbocycles. The van der Waals surface area contributed by atoms with Crippen LogP contribution in [0.2, 0.25) is 0 Å². The van der Waals surface area contributed by atoms with Crippen LogP contribution in [-0.2, 0) is 14.8 Å². The van der Waals surface area contributed by atoms with Crippen molar-refractivity contribution >= 4 is 44.6 Å². The van der Waals surface area contributed by atoms with Crippen LogP contribution in [0.3, 0.4) is 0 Å². The number of anilines is 3. The van der Waals surface area contributed by atoms with E-state index >= 15 is 0 Å². The molecule has 8 nitrogen and oxygen atoms in total. The van der Waals surface area contributed by atoms with E-state index < -0.39 is 22.0 Å². The molecule has 4 rings (SSSR count). The molecule has 3 aromatic carbocycles. The lowest BCUT2D eigenvalue weighted by Crippen LogP contribution is -2.47. The first kappa shape index (κ1) is 26.8. The number of benzene rings is 3. The zero-order chi connectivity index (χ0) is 26.4. The third-order valence-electron chi connectivity index (χ3n) is 6.34. The molecule has 1 aliphatic heterocycles. The van der Waals surface area contributed by atoms with E-state index in [1.165, 1.54) is 6.07 Å². The number of hydrogen-bond acceptors (Lipinski definition) is 6. The van der Waals surface area contributed by atoms with Crippen molar-refractivity contribution in [2.24, 2.45) is 0 Å². The maximum atomic E-state index is 13.6. The monoisotopic (exact) mass is 542 g/mol. The van der Waals surface area contributed by atoms with E-state index in [0.29, 0.717) is 24.5 Å². The predicted molar refractivity (Wildman–Crippen MR) is 148 cm³/mol. The summed E-state index contributed by atoms with van der Waals surface area (Å²) in [5.41, 5.74) is 2.91. The van der Waals surface area contributed by atoms with Crippen LogP contribution >= 0.6 is 11.6 Å². The molecule has 0 aliphatic carbocycles. The summed E-state index contributed by atoms with van der Waals surface area (Å²) in [5, 5.41) is 2.66. The Morgan fingerprint density at radius 3 is 2.24 bits per heavy atom. The van der Waals surface area contributed by atoms with E-state index in [2.05, 4.69) is 19.8 Å². The van der Waals surface area contributed by atoms with Gasteiger partial charge in [-0.25, -0.2) is 13.1 Å². The Labute approximate surface area is 223 Å². The number of carbonyl (C=O) groups is 1. The molecule has 0 unspecified atom stereocenters. The summed E-state index contributed by atoms with van der Waals surface area (Å²) in [6, 6.07) is 21.8. The average Bonchev–Trinajstić information content (AvgIpc) is 2.93. The van der Waals surface area contributed by atoms with Gasteiger partial charge in [0, 0.05) is 43.6 Å². The minimum absolute atomic E-state index is 0.112. The first-order valence-corrected chi connectivity index (χ1v) is 14.0. The zero-order valence-electron chi connectivity index (χ0n) is 20.9. The lowest BCUT2D eigenvalue weighted by molar-refractivity contribution is -0.113. The summed E-state index contributed by atoms with van der Waals surface area (Å²) in [4.78, 5) is 16.3. The molecule has 1 fully saturated rings. The largest absolute Gasteiger partial charge is 0.497 e. The maximum absolute atomic E-state index is 13.6. The van der Waals surface area contributed by atoms with Gasteiger partial charge in [-0.15, -0.1) is 11.6 Å². The molecular weight excluding hydrogens is 512 g/mol. The first-order chi connectivity index (χ1) is 17.8. The average molecular weight is 543 g/mol. The summed E-state index contributed by atoms with van der Waals surface area (Å²) < 4.78 is 35.3. The highest BCUT2D eigenvalue weighted by Crippen LogP contribution is 2.31. The second-order valence-corrected chi connectivity index (χ2v) is 10.7. The van der Waals surface area contributed by atoms with Crippen LogP contribution in [0.5, 0.6) is 5.75 Å². The van der Waals surface area contributed by atoms with E-state index in [9.17, 15) is 13.2 Å². The van der Waals surface area contributed by atoms with Crippen LogP contribution in [0, 0.1) is 0 Å². The van der Waals surface area contributed by atoms with Crippen molar-refractivity contribution in [1.82, 2.24) is 4.72 Å². The van der Waals surface area contributed by atoms with Crippen molar-refractivity contribution in [1.29, 1.82) is 0 Å². The van der Waals surface area contributed by atoms with Crippen molar-refractivity contribution in [2.75, 3.05) is 54.3 Å². The molecule has 37 heavy (non-hydrogen) atoms. The van der Waals surface area contributed by atoms with Gasteiger partial charge in [0.2, 0.25) is 15.9 Å². The molecule has 0 aromatic heterocycles. The number of piperazine rings is 1. The van der Waals surface area contributed by atoms with Crippen LogP contribution in [0.1, 0.15) is 18.5 Å². The topological polar surface area (TPSA) is 91.0 Å². The molecule has 2 N–H and O–H groups in total. The van der Waals surface area contributed by atoms with Crippen molar-refractivity contribution < 1.29 is 17.9 Å². The van der Waals surface area contributed by atoms with Gasteiger partial charge in [-0.3, -0.25) is 4.79 Å². The normalized spacial score (nSPS) is 14.8. The predicted octanol–water partition coefficient (Wildman–Crippen LogP) is 4.24. The number of sulfonamides is 1. The maximum Gasteiger partial charge on any atom is 0.243 e. The fourth-order valence-corrected chi connectivity index (χ4v) is 5.92. The molecule has 1 saturated heterocycles. The second-order valence-electron chi connectivity index (χ2n) is 8.79. The molecule has 10 heteroatoms. The lowest BCUT2D eigenvalue weighted by Gasteiger charge is -2.38. The fraction of sp³-hybridized carbons (Fsp3) is 0.296. The lowest BCUT2D eigenvalue weighted by atomic mass is 10.1. The molecule has 0 spiro atoms. The molecule has 3 aromatic rings. The summed E-state index contributed by atoms with van der Waals surface area (Å²) in [7, 11) is -2.29. The van der Waals surface area contributed by atoms with Crippen LogP contribution in [0.15, 0.2) is 77.7 Å². The minimum Gasteiger partial charge on any atom is -0.497 e. The van der Waals surface area contributed by atoms with Crippen LogP contribution < -0.4 is 24.6 Å². The third-order valence-corrected chi connectivity index (χ3v) is 8.16.